The van der Waals surface area contributed by atoms with Gasteiger partial charge < -0.3 is 19.7 Å². The summed E-state index contributed by atoms with van der Waals surface area (Å²) in [6.45, 7) is 6.66. The van der Waals surface area contributed by atoms with Gasteiger partial charge in [-0.05, 0) is 67.2 Å². The molecule has 6 heteroatoms. The molecule has 0 aromatic heterocycles. The van der Waals surface area contributed by atoms with Crippen LogP contribution in [0.4, 0.5) is 0 Å². The molecular weight excluding hydrogens is 378 g/mol. The Kier molecular flexibility index (Phi) is 5.60. The lowest BCUT2D eigenvalue weighted by molar-refractivity contribution is 0.0628. The first-order chi connectivity index (χ1) is 14.7. The number of amides is 1. The molecule has 0 bridgehead atoms. The Balaban J connectivity index is 1.16. The number of benzene rings is 2. The van der Waals surface area contributed by atoms with Crippen LogP contribution >= 0.6 is 0 Å². The number of ether oxygens (including phenoxy) is 2. The quantitative estimate of drug-likeness (QED) is 0.826. The van der Waals surface area contributed by atoms with E-state index in [1.807, 2.05) is 23.1 Å². The number of rotatable bonds is 5. The third-order valence-electron chi connectivity index (χ3n) is 6.36. The van der Waals surface area contributed by atoms with Crippen LogP contribution in [-0.2, 0) is 13.0 Å². The van der Waals surface area contributed by atoms with Crippen LogP contribution in [0.25, 0.3) is 0 Å². The zero-order chi connectivity index (χ0) is 20.3. The summed E-state index contributed by atoms with van der Waals surface area (Å²) in [4.78, 5) is 17.4. The van der Waals surface area contributed by atoms with E-state index in [9.17, 15) is 4.79 Å². The Bertz CT molecular complexity index is 902. The molecule has 30 heavy (non-hydrogen) atoms. The molecule has 2 aromatic carbocycles. The predicted molar refractivity (Wildman–Crippen MR) is 115 cm³/mol. The fraction of sp³-hybridized carbons (Fsp3) is 0.458. The Morgan fingerprint density at radius 2 is 1.87 bits per heavy atom. The highest BCUT2D eigenvalue weighted by molar-refractivity contribution is 5.94. The molecule has 1 N–H and O–H groups in total. The van der Waals surface area contributed by atoms with Gasteiger partial charge in [-0.25, -0.2) is 0 Å². The zero-order valence-electron chi connectivity index (χ0n) is 17.3. The third-order valence-corrected chi connectivity index (χ3v) is 6.36. The van der Waals surface area contributed by atoms with Gasteiger partial charge in [0.2, 0.25) is 6.79 Å². The first-order valence-corrected chi connectivity index (χ1v) is 10.9. The molecule has 3 aliphatic heterocycles. The van der Waals surface area contributed by atoms with E-state index in [2.05, 4.69) is 34.5 Å². The van der Waals surface area contributed by atoms with E-state index < -0.39 is 0 Å². The van der Waals surface area contributed by atoms with Crippen molar-refractivity contribution in [1.82, 2.24) is 15.1 Å². The van der Waals surface area contributed by atoms with Crippen molar-refractivity contribution < 1.29 is 14.3 Å². The van der Waals surface area contributed by atoms with Crippen LogP contribution in [0, 0.1) is 5.92 Å². The molecule has 0 saturated carbocycles. The molecule has 2 fully saturated rings. The van der Waals surface area contributed by atoms with Gasteiger partial charge in [0.1, 0.15) is 0 Å². The number of piperazine rings is 1. The Morgan fingerprint density at radius 3 is 2.70 bits per heavy atom. The van der Waals surface area contributed by atoms with Crippen molar-refractivity contribution in [1.29, 1.82) is 0 Å². The normalized spacial score (nSPS) is 21.2. The summed E-state index contributed by atoms with van der Waals surface area (Å²) in [5, 5.41) is 3.42. The minimum absolute atomic E-state index is 0.157. The summed E-state index contributed by atoms with van der Waals surface area (Å²) in [7, 11) is 0. The molecular formula is C24H29N3O3. The van der Waals surface area contributed by atoms with Gasteiger partial charge in [-0.3, -0.25) is 9.69 Å². The van der Waals surface area contributed by atoms with Gasteiger partial charge in [-0.15, -0.1) is 0 Å². The Hall–Kier alpha value is -2.57. The van der Waals surface area contributed by atoms with Crippen LogP contribution in [0.1, 0.15) is 27.9 Å². The Morgan fingerprint density at radius 1 is 1.00 bits per heavy atom. The maximum absolute atomic E-state index is 13.0. The molecule has 3 aliphatic rings. The van der Waals surface area contributed by atoms with Crippen molar-refractivity contribution in [3.63, 3.8) is 0 Å². The molecule has 1 amide bonds. The van der Waals surface area contributed by atoms with Gasteiger partial charge in [0.05, 0.1) is 0 Å². The molecule has 158 valence electrons. The summed E-state index contributed by atoms with van der Waals surface area (Å²) in [5.74, 6) is 2.49. The summed E-state index contributed by atoms with van der Waals surface area (Å²) in [6, 6.07) is 14.4. The highest BCUT2D eigenvalue weighted by Crippen LogP contribution is 2.32. The van der Waals surface area contributed by atoms with Crippen LogP contribution in [0.3, 0.4) is 0 Å². The number of fused-ring (bicyclic) bond motifs is 1. The van der Waals surface area contributed by atoms with Crippen LogP contribution in [0.2, 0.25) is 0 Å². The lowest BCUT2D eigenvalue weighted by Crippen LogP contribution is -2.48. The molecule has 0 spiro atoms. The molecule has 0 aliphatic carbocycles. The minimum Gasteiger partial charge on any atom is -0.454 e. The van der Waals surface area contributed by atoms with Crippen molar-refractivity contribution in [3.05, 3.63) is 59.2 Å². The van der Waals surface area contributed by atoms with E-state index >= 15 is 0 Å². The van der Waals surface area contributed by atoms with Crippen LogP contribution in [0.5, 0.6) is 11.5 Å². The minimum atomic E-state index is 0.157. The molecule has 5 rings (SSSR count). The first kappa shape index (κ1) is 19.4. The maximum Gasteiger partial charge on any atom is 0.253 e. The molecule has 2 aromatic rings. The monoisotopic (exact) mass is 407 g/mol. The van der Waals surface area contributed by atoms with Gasteiger partial charge in [-0.1, -0.05) is 18.2 Å². The number of hydrogen-bond donors (Lipinski definition) is 1. The molecule has 1 atom stereocenters. The highest BCUT2D eigenvalue weighted by Gasteiger charge is 2.23. The van der Waals surface area contributed by atoms with E-state index in [0.29, 0.717) is 12.7 Å². The summed E-state index contributed by atoms with van der Waals surface area (Å²) >= 11 is 0. The largest absolute Gasteiger partial charge is 0.454 e. The number of carbonyl (C=O) groups is 1. The fourth-order valence-corrected chi connectivity index (χ4v) is 4.64. The van der Waals surface area contributed by atoms with Crippen molar-refractivity contribution >= 4 is 5.91 Å². The molecule has 3 heterocycles. The SMILES string of the molecule is O=C(c1cccc(CC2CCNC2)c1)N1CCN(Cc2ccc3c(c2)OCO3)CC1. The van der Waals surface area contributed by atoms with Gasteiger partial charge in [0.25, 0.3) is 5.91 Å². The van der Waals surface area contributed by atoms with Gasteiger partial charge in [0, 0.05) is 38.3 Å². The average Bonchev–Trinajstić information content (AvgIpc) is 3.45. The molecule has 2 saturated heterocycles. The number of nitrogens with zero attached hydrogens (tertiary/aromatic N) is 2. The number of nitrogens with one attached hydrogen (secondary N) is 1. The van der Waals surface area contributed by atoms with Gasteiger partial charge >= 0.3 is 0 Å². The summed E-state index contributed by atoms with van der Waals surface area (Å²) < 4.78 is 10.9. The summed E-state index contributed by atoms with van der Waals surface area (Å²) in [5.41, 5.74) is 3.31. The lowest BCUT2D eigenvalue weighted by atomic mass is 9.97. The third kappa shape index (κ3) is 4.30. The number of hydrogen-bond acceptors (Lipinski definition) is 5. The average molecular weight is 408 g/mol. The topological polar surface area (TPSA) is 54.0 Å². The van der Waals surface area contributed by atoms with E-state index in [1.165, 1.54) is 17.5 Å². The molecule has 0 radical (unpaired) electrons. The van der Waals surface area contributed by atoms with Crippen molar-refractivity contribution in [2.24, 2.45) is 5.92 Å². The number of carbonyl (C=O) groups excluding carboxylic acids is 1. The van der Waals surface area contributed by atoms with E-state index in [1.54, 1.807) is 0 Å². The highest BCUT2D eigenvalue weighted by atomic mass is 16.7. The second kappa shape index (κ2) is 8.66. The van der Waals surface area contributed by atoms with Crippen molar-refractivity contribution in [2.75, 3.05) is 46.1 Å². The second-order valence-electron chi connectivity index (χ2n) is 8.52. The van der Waals surface area contributed by atoms with E-state index in [4.69, 9.17) is 9.47 Å². The maximum atomic E-state index is 13.0. The molecule has 1 unspecified atom stereocenters. The smallest absolute Gasteiger partial charge is 0.253 e. The van der Waals surface area contributed by atoms with Crippen molar-refractivity contribution in [3.8, 4) is 11.5 Å². The molecule has 6 nitrogen and oxygen atoms in total. The van der Waals surface area contributed by atoms with Gasteiger partial charge in [-0.2, -0.15) is 0 Å². The van der Waals surface area contributed by atoms with Crippen LogP contribution in [0.15, 0.2) is 42.5 Å². The zero-order valence-corrected chi connectivity index (χ0v) is 17.3. The standard InChI is InChI=1S/C24H29N3O3/c28-24(21-3-1-2-18(13-21)12-19-6-7-25-15-19)27-10-8-26(9-11-27)16-20-4-5-22-23(14-20)30-17-29-22/h1-5,13-14,19,25H,6-12,15-17H2. The fourth-order valence-electron chi connectivity index (χ4n) is 4.64. The summed E-state index contributed by atoms with van der Waals surface area (Å²) in [6.07, 6.45) is 2.28. The predicted octanol–water partition coefficient (Wildman–Crippen LogP) is 2.53. The van der Waals surface area contributed by atoms with Gasteiger partial charge in [0.15, 0.2) is 11.5 Å². The van der Waals surface area contributed by atoms with Crippen LogP contribution < -0.4 is 14.8 Å². The van der Waals surface area contributed by atoms with Crippen LogP contribution in [-0.4, -0.2) is 61.8 Å². The van der Waals surface area contributed by atoms with Crippen molar-refractivity contribution in [2.45, 2.75) is 19.4 Å². The lowest BCUT2D eigenvalue weighted by Gasteiger charge is -2.35. The van der Waals surface area contributed by atoms with E-state index in [0.717, 1.165) is 69.3 Å². The Labute approximate surface area is 177 Å². The second-order valence-corrected chi connectivity index (χ2v) is 8.52. The first-order valence-electron chi connectivity index (χ1n) is 10.9. The van der Waals surface area contributed by atoms with E-state index in [-0.39, 0.29) is 5.91 Å².